The van der Waals surface area contributed by atoms with Crippen LogP contribution in [0.5, 0.6) is 0 Å². The van der Waals surface area contributed by atoms with Crippen molar-refractivity contribution < 1.29 is 5.11 Å². The van der Waals surface area contributed by atoms with Crippen LogP contribution >= 0.6 is 0 Å². The fourth-order valence-electron chi connectivity index (χ4n) is 0.546. The van der Waals surface area contributed by atoms with Crippen molar-refractivity contribution in [3.05, 3.63) is 12.7 Å². The molecule has 1 rings (SSSR count). The van der Waals surface area contributed by atoms with Crippen molar-refractivity contribution in [2.45, 2.75) is 12.6 Å². The predicted molar refractivity (Wildman–Crippen MR) is 31.5 cm³/mol. The molecule has 0 spiro atoms. The summed E-state index contributed by atoms with van der Waals surface area (Å²) in [4.78, 5) is 3.61. The van der Waals surface area contributed by atoms with Crippen molar-refractivity contribution in [2.75, 3.05) is 0 Å². The number of nitriles is 1. The number of hydrogen-bond donors (Lipinski definition) is 1. The van der Waals surface area contributed by atoms with Crippen molar-refractivity contribution in [3.63, 3.8) is 0 Å². The molecule has 0 amide bonds. The van der Waals surface area contributed by atoms with Crippen LogP contribution in [-0.4, -0.2) is 19.9 Å². The Bertz CT molecular complexity index is 224. The molecule has 10 heavy (non-hydrogen) atoms. The van der Waals surface area contributed by atoms with Gasteiger partial charge in [-0.05, 0) is 0 Å². The molecule has 0 aromatic carbocycles. The Morgan fingerprint density at radius 2 is 2.60 bits per heavy atom. The molecule has 0 fully saturated rings. The first-order chi connectivity index (χ1) is 4.84. The van der Waals surface area contributed by atoms with Gasteiger partial charge in [0.25, 0.3) is 0 Å². The molecular formula is C5H6N4O. The first-order valence-corrected chi connectivity index (χ1v) is 2.73. The lowest BCUT2D eigenvalue weighted by Gasteiger charge is -2.03. The molecule has 5 nitrogen and oxygen atoms in total. The molecular weight excluding hydrogens is 132 g/mol. The van der Waals surface area contributed by atoms with Crippen LogP contribution in [-0.2, 0) is 0 Å². The normalized spacial score (nSPS) is 12.4. The minimum absolute atomic E-state index is 0.0311. The summed E-state index contributed by atoms with van der Waals surface area (Å²) in [5.74, 6) is 0. The van der Waals surface area contributed by atoms with Crippen LogP contribution in [0.25, 0.3) is 0 Å². The molecule has 5 heteroatoms. The average Bonchev–Trinajstić information content (AvgIpc) is 2.38. The van der Waals surface area contributed by atoms with Crippen LogP contribution in [0.1, 0.15) is 12.6 Å². The van der Waals surface area contributed by atoms with E-state index in [1.54, 1.807) is 0 Å². The minimum atomic E-state index is -0.868. The Kier molecular flexibility index (Phi) is 1.97. The maximum atomic E-state index is 9.05. The number of aliphatic hydroxyl groups is 1. The largest absolute Gasteiger partial charge is 0.371 e. The molecule has 0 aliphatic rings. The molecule has 0 bridgehead atoms. The third-order valence-electron chi connectivity index (χ3n) is 1.02. The van der Waals surface area contributed by atoms with E-state index in [1.165, 1.54) is 17.3 Å². The highest BCUT2D eigenvalue weighted by Crippen LogP contribution is 2.01. The quantitative estimate of drug-likeness (QED) is 0.607. The van der Waals surface area contributed by atoms with Gasteiger partial charge < -0.3 is 5.11 Å². The van der Waals surface area contributed by atoms with Gasteiger partial charge in [0.05, 0.1) is 12.5 Å². The van der Waals surface area contributed by atoms with E-state index in [4.69, 9.17) is 10.4 Å². The zero-order chi connectivity index (χ0) is 7.40. The van der Waals surface area contributed by atoms with E-state index >= 15 is 0 Å². The van der Waals surface area contributed by atoms with Crippen LogP contribution in [0.4, 0.5) is 0 Å². The Morgan fingerprint density at radius 3 is 3.10 bits per heavy atom. The highest BCUT2D eigenvalue weighted by Gasteiger charge is 2.03. The topological polar surface area (TPSA) is 74.7 Å². The standard InChI is InChI=1S/C5H6N4O/c6-2-1-5(10)9-4-7-3-8-9/h3-5,10H,1H2. The van der Waals surface area contributed by atoms with Crippen LogP contribution in [0.2, 0.25) is 0 Å². The summed E-state index contributed by atoms with van der Waals surface area (Å²) in [6.45, 7) is 0. The Morgan fingerprint density at radius 1 is 1.80 bits per heavy atom. The van der Waals surface area contributed by atoms with Crippen LogP contribution in [0.3, 0.4) is 0 Å². The number of aromatic nitrogens is 3. The van der Waals surface area contributed by atoms with Gasteiger partial charge in [-0.25, -0.2) is 9.67 Å². The third kappa shape index (κ3) is 1.30. The monoisotopic (exact) mass is 138 g/mol. The number of aliphatic hydroxyl groups excluding tert-OH is 1. The molecule has 52 valence electrons. The number of rotatable bonds is 2. The van der Waals surface area contributed by atoms with E-state index in [0.29, 0.717) is 0 Å². The van der Waals surface area contributed by atoms with Crippen LogP contribution in [0, 0.1) is 11.3 Å². The Hall–Kier alpha value is -1.41. The summed E-state index contributed by atoms with van der Waals surface area (Å²) >= 11 is 0. The maximum absolute atomic E-state index is 9.05. The molecule has 0 saturated heterocycles. The highest BCUT2D eigenvalue weighted by molar-refractivity contribution is 4.73. The van der Waals surface area contributed by atoms with Crippen LogP contribution in [0.15, 0.2) is 12.7 Å². The van der Waals surface area contributed by atoms with Gasteiger partial charge >= 0.3 is 0 Å². The van der Waals surface area contributed by atoms with Gasteiger partial charge in [-0.3, -0.25) is 0 Å². The number of hydrogen-bond acceptors (Lipinski definition) is 4. The van der Waals surface area contributed by atoms with Gasteiger partial charge in [-0.1, -0.05) is 0 Å². The Labute approximate surface area is 57.5 Å². The van der Waals surface area contributed by atoms with Crippen LogP contribution < -0.4 is 0 Å². The van der Waals surface area contributed by atoms with E-state index in [1.807, 2.05) is 6.07 Å². The number of nitrogens with zero attached hydrogens (tertiary/aromatic N) is 4. The van der Waals surface area contributed by atoms with Crippen molar-refractivity contribution in [1.29, 1.82) is 5.26 Å². The molecule has 1 unspecified atom stereocenters. The summed E-state index contributed by atoms with van der Waals surface area (Å²) in [6.07, 6.45) is 1.83. The Balaban J connectivity index is 2.61. The zero-order valence-corrected chi connectivity index (χ0v) is 5.18. The lowest BCUT2D eigenvalue weighted by atomic mass is 10.4. The second kappa shape index (κ2) is 2.94. The van der Waals surface area contributed by atoms with E-state index in [-0.39, 0.29) is 6.42 Å². The van der Waals surface area contributed by atoms with Gasteiger partial charge in [0, 0.05) is 0 Å². The van der Waals surface area contributed by atoms with E-state index in [2.05, 4.69) is 10.1 Å². The molecule has 1 atom stereocenters. The van der Waals surface area contributed by atoms with E-state index < -0.39 is 6.23 Å². The highest BCUT2D eigenvalue weighted by atomic mass is 16.3. The fourth-order valence-corrected chi connectivity index (χ4v) is 0.546. The molecule has 1 N–H and O–H groups in total. The van der Waals surface area contributed by atoms with Crippen molar-refractivity contribution in [3.8, 4) is 6.07 Å². The second-order valence-corrected chi connectivity index (χ2v) is 1.72. The summed E-state index contributed by atoms with van der Waals surface area (Å²) in [7, 11) is 0. The smallest absolute Gasteiger partial charge is 0.161 e. The summed E-state index contributed by atoms with van der Waals surface area (Å²) in [5.41, 5.74) is 0. The molecule has 1 heterocycles. The summed E-state index contributed by atoms with van der Waals surface area (Å²) in [5, 5.41) is 20.9. The van der Waals surface area contributed by atoms with Gasteiger partial charge in [-0.2, -0.15) is 10.4 Å². The maximum Gasteiger partial charge on any atom is 0.161 e. The van der Waals surface area contributed by atoms with Crippen molar-refractivity contribution in [1.82, 2.24) is 14.8 Å². The third-order valence-corrected chi connectivity index (χ3v) is 1.02. The van der Waals surface area contributed by atoms with Gasteiger partial charge in [0.1, 0.15) is 12.7 Å². The van der Waals surface area contributed by atoms with Gasteiger partial charge in [-0.15, -0.1) is 0 Å². The first-order valence-electron chi connectivity index (χ1n) is 2.73. The molecule has 0 radical (unpaired) electrons. The second-order valence-electron chi connectivity index (χ2n) is 1.72. The SMILES string of the molecule is N#CCC(O)n1cncn1. The molecule has 1 aromatic rings. The first kappa shape index (κ1) is 6.71. The van der Waals surface area contributed by atoms with Crippen molar-refractivity contribution >= 4 is 0 Å². The lowest BCUT2D eigenvalue weighted by molar-refractivity contribution is 0.0952. The average molecular weight is 138 g/mol. The summed E-state index contributed by atoms with van der Waals surface area (Å²) in [6, 6.07) is 1.82. The van der Waals surface area contributed by atoms with E-state index in [0.717, 1.165) is 0 Å². The van der Waals surface area contributed by atoms with Gasteiger partial charge in [0.2, 0.25) is 0 Å². The zero-order valence-electron chi connectivity index (χ0n) is 5.18. The molecule has 0 saturated carbocycles. The predicted octanol–water partition coefficient (Wildman–Crippen LogP) is -0.317. The molecule has 0 aliphatic carbocycles. The van der Waals surface area contributed by atoms with Crippen molar-refractivity contribution in [2.24, 2.45) is 0 Å². The van der Waals surface area contributed by atoms with E-state index in [9.17, 15) is 0 Å². The summed E-state index contributed by atoms with van der Waals surface area (Å²) < 4.78 is 1.23. The lowest BCUT2D eigenvalue weighted by Crippen LogP contribution is -2.07. The minimum Gasteiger partial charge on any atom is -0.371 e. The fraction of sp³-hybridized carbons (Fsp3) is 0.400. The molecule has 1 aromatic heterocycles. The van der Waals surface area contributed by atoms with Gasteiger partial charge in [0.15, 0.2) is 6.23 Å². The molecule has 0 aliphatic heterocycles.